The first kappa shape index (κ1) is 10.4. The Kier molecular flexibility index (Phi) is 2.72. The Hall–Kier alpha value is -2.10. The number of hydrogen-bond acceptors (Lipinski definition) is 2. The Balaban J connectivity index is 2.41. The molecule has 4 heteroatoms. The van der Waals surface area contributed by atoms with Crippen molar-refractivity contribution in [3.8, 4) is 11.1 Å². The van der Waals surface area contributed by atoms with Crippen LogP contribution in [0.3, 0.4) is 0 Å². The standard InChI is InChI=1S/C12H10FNO2/c1-16-12(15)8-2-3-10(11(13)6-8)9-4-5-14-7-9/h2-7,14H,1H3. The van der Waals surface area contributed by atoms with Crippen molar-refractivity contribution in [1.82, 2.24) is 4.98 Å². The summed E-state index contributed by atoms with van der Waals surface area (Å²) in [5, 5.41) is 0. The summed E-state index contributed by atoms with van der Waals surface area (Å²) < 4.78 is 18.2. The molecular formula is C12H10FNO2. The van der Waals surface area contributed by atoms with E-state index in [0.717, 1.165) is 5.56 Å². The molecule has 82 valence electrons. The van der Waals surface area contributed by atoms with Crippen molar-refractivity contribution < 1.29 is 13.9 Å². The number of benzene rings is 1. The maximum atomic E-state index is 13.7. The predicted octanol–water partition coefficient (Wildman–Crippen LogP) is 2.61. The van der Waals surface area contributed by atoms with Crippen LogP contribution in [0.15, 0.2) is 36.7 Å². The topological polar surface area (TPSA) is 42.1 Å². The molecule has 0 bridgehead atoms. The summed E-state index contributed by atoms with van der Waals surface area (Å²) in [7, 11) is 1.26. The van der Waals surface area contributed by atoms with Crippen LogP contribution >= 0.6 is 0 Å². The summed E-state index contributed by atoms with van der Waals surface area (Å²) in [6.45, 7) is 0. The molecular weight excluding hydrogens is 209 g/mol. The first-order chi connectivity index (χ1) is 7.72. The lowest BCUT2D eigenvalue weighted by Gasteiger charge is -2.03. The first-order valence-corrected chi connectivity index (χ1v) is 4.73. The van der Waals surface area contributed by atoms with E-state index < -0.39 is 11.8 Å². The Morgan fingerprint density at radius 2 is 2.19 bits per heavy atom. The van der Waals surface area contributed by atoms with Gasteiger partial charge in [0.25, 0.3) is 0 Å². The molecule has 0 amide bonds. The quantitative estimate of drug-likeness (QED) is 0.789. The van der Waals surface area contributed by atoms with E-state index in [0.29, 0.717) is 5.56 Å². The number of aromatic nitrogens is 1. The van der Waals surface area contributed by atoms with Gasteiger partial charge in [0.15, 0.2) is 0 Å². The van der Waals surface area contributed by atoms with E-state index in [-0.39, 0.29) is 5.56 Å². The predicted molar refractivity (Wildman–Crippen MR) is 57.5 cm³/mol. The molecule has 1 heterocycles. The van der Waals surface area contributed by atoms with Gasteiger partial charge in [-0.1, -0.05) is 6.07 Å². The number of nitrogens with one attached hydrogen (secondary N) is 1. The molecule has 0 aliphatic rings. The Labute approximate surface area is 91.9 Å². The Morgan fingerprint density at radius 1 is 1.38 bits per heavy atom. The highest BCUT2D eigenvalue weighted by atomic mass is 19.1. The van der Waals surface area contributed by atoms with Gasteiger partial charge in [-0.05, 0) is 18.2 Å². The number of esters is 1. The molecule has 16 heavy (non-hydrogen) atoms. The number of H-pyrrole nitrogens is 1. The molecule has 3 nitrogen and oxygen atoms in total. The third-order valence-electron chi connectivity index (χ3n) is 2.30. The third kappa shape index (κ3) is 1.82. The summed E-state index contributed by atoms with van der Waals surface area (Å²) >= 11 is 0. The van der Waals surface area contributed by atoms with Gasteiger partial charge >= 0.3 is 5.97 Å². The maximum absolute atomic E-state index is 13.7. The average molecular weight is 219 g/mol. The van der Waals surface area contributed by atoms with Gasteiger partial charge in [0.2, 0.25) is 0 Å². The van der Waals surface area contributed by atoms with Gasteiger partial charge in [-0.3, -0.25) is 0 Å². The molecule has 0 spiro atoms. The summed E-state index contributed by atoms with van der Waals surface area (Å²) in [5.74, 6) is -0.984. The molecule has 2 aromatic rings. The van der Waals surface area contributed by atoms with Gasteiger partial charge in [0.1, 0.15) is 5.82 Å². The minimum absolute atomic E-state index is 0.208. The van der Waals surface area contributed by atoms with Crippen LogP contribution in [0, 0.1) is 5.82 Å². The Bertz CT molecular complexity index is 506. The summed E-state index contributed by atoms with van der Waals surface area (Å²) in [5.41, 5.74) is 1.40. The van der Waals surface area contributed by atoms with E-state index in [4.69, 9.17) is 0 Å². The van der Waals surface area contributed by atoms with Crippen LogP contribution in [0.4, 0.5) is 4.39 Å². The molecule has 1 aromatic heterocycles. The zero-order chi connectivity index (χ0) is 11.5. The van der Waals surface area contributed by atoms with Crippen LogP contribution < -0.4 is 0 Å². The fourth-order valence-corrected chi connectivity index (χ4v) is 1.49. The van der Waals surface area contributed by atoms with E-state index in [1.54, 1.807) is 24.5 Å². The molecule has 0 radical (unpaired) electrons. The van der Waals surface area contributed by atoms with E-state index in [1.165, 1.54) is 19.2 Å². The summed E-state index contributed by atoms with van der Waals surface area (Å²) in [6, 6.07) is 6.03. The van der Waals surface area contributed by atoms with Gasteiger partial charge < -0.3 is 9.72 Å². The fourth-order valence-electron chi connectivity index (χ4n) is 1.49. The van der Waals surface area contributed by atoms with Crippen LogP contribution in [0.2, 0.25) is 0 Å². The van der Waals surface area contributed by atoms with Crippen molar-refractivity contribution in [2.45, 2.75) is 0 Å². The van der Waals surface area contributed by atoms with Crippen LogP contribution in [0.1, 0.15) is 10.4 Å². The van der Waals surface area contributed by atoms with E-state index in [9.17, 15) is 9.18 Å². The van der Waals surface area contributed by atoms with Crippen molar-refractivity contribution >= 4 is 5.97 Å². The second-order valence-electron chi connectivity index (χ2n) is 3.29. The highest BCUT2D eigenvalue weighted by molar-refractivity contribution is 5.90. The van der Waals surface area contributed by atoms with Gasteiger partial charge in [-0.15, -0.1) is 0 Å². The number of methoxy groups -OCH3 is 1. The molecule has 0 atom stereocenters. The average Bonchev–Trinajstić information content (AvgIpc) is 2.81. The molecule has 0 fully saturated rings. The van der Waals surface area contributed by atoms with E-state index in [2.05, 4.69) is 9.72 Å². The van der Waals surface area contributed by atoms with E-state index in [1.807, 2.05) is 0 Å². The largest absolute Gasteiger partial charge is 0.465 e. The molecule has 0 aliphatic heterocycles. The molecule has 0 saturated carbocycles. The number of halogens is 1. The van der Waals surface area contributed by atoms with Crippen molar-refractivity contribution in [1.29, 1.82) is 0 Å². The number of carbonyl (C=O) groups excluding carboxylic acids is 1. The number of aromatic amines is 1. The highest BCUT2D eigenvalue weighted by Gasteiger charge is 2.10. The molecule has 0 saturated heterocycles. The minimum Gasteiger partial charge on any atom is -0.465 e. The van der Waals surface area contributed by atoms with Crippen LogP contribution in [-0.2, 0) is 4.74 Å². The number of carbonyl (C=O) groups is 1. The zero-order valence-corrected chi connectivity index (χ0v) is 8.66. The smallest absolute Gasteiger partial charge is 0.337 e. The lowest BCUT2D eigenvalue weighted by Crippen LogP contribution is -2.01. The normalized spacial score (nSPS) is 10.1. The van der Waals surface area contributed by atoms with Gasteiger partial charge in [-0.25, -0.2) is 9.18 Å². The van der Waals surface area contributed by atoms with Crippen molar-refractivity contribution in [3.63, 3.8) is 0 Å². The summed E-state index contributed by atoms with van der Waals surface area (Å²) in [6.07, 6.45) is 3.40. The first-order valence-electron chi connectivity index (χ1n) is 4.73. The number of ether oxygens (including phenoxy) is 1. The highest BCUT2D eigenvalue weighted by Crippen LogP contribution is 2.23. The van der Waals surface area contributed by atoms with E-state index >= 15 is 0 Å². The van der Waals surface area contributed by atoms with Gasteiger partial charge in [0, 0.05) is 23.5 Å². The number of rotatable bonds is 2. The van der Waals surface area contributed by atoms with Crippen molar-refractivity contribution in [3.05, 3.63) is 48.0 Å². The summed E-state index contributed by atoms with van der Waals surface area (Å²) in [4.78, 5) is 14.0. The lowest BCUT2D eigenvalue weighted by molar-refractivity contribution is 0.0600. The molecule has 1 aromatic carbocycles. The third-order valence-corrected chi connectivity index (χ3v) is 2.30. The fraction of sp³-hybridized carbons (Fsp3) is 0.0833. The maximum Gasteiger partial charge on any atom is 0.337 e. The second kappa shape index (κ2) is 4.18. The number of hydrogen-bond donors (Lipinski definition) is 1. The molecule has 2 rings (SSSR count). The molecule has 0 unspecified atom stereocenters. The zero-order valence-electron chi connectivity index (χ0n) is 8.66. The minimum atomic E-state index is -0.542. The Morgan fingerprint density at radius 3 is 2.75 bits per heavy atom. The van der Waals surface area contributed by atoms with Crippen LogP contribution in [0.25, 0.3) is 11.1 Å². The van der Waals surface area contributed by atoms with Crippen molar-refractivity contribution in [2.24, 2.45) is 0 Å². The van der Waals surface area contributed by atoms with Gasteiger partial charge in [0.05, 0.1) is 12.7 Å². The monoisotopic (exact) mass is 219 g/mol. The molecule has 0 aliphatic carbocycles. The SMILES string of the molecule is COC(=O)c1ccc(-c2cc[nH]c2)c(F)c1. The second-order valence-corrected chi connectivity index (χ2v) is 3.29. The lowest BCUT2D eigenvalue weighted by atomic mass is 10.1. The molecule has 1 N–H and O–H groups in total. The van der Waals surface area contributed by atoms with Crippen molar-refractivity contribution in [2.75, 3.05) is 7.11 Å². The van der Waals surface area contributed by atoms with Gasteiger partial charge in [-0.2, -0.15) is 0 Å². The van der Waals surface area contributed by atoms with Crippen LogP contribution in [0.5, 0.6) is 0 Å². The van der Waals surface area contributed by atoms with Crippen LogP contribution in [-0.4, -0.2) is 18.1 Å².